The third-order valence-corrected chi connectivity index (χ3v) is 8.49. The summed E-state index contributed by atoms with van der Waals surface area (Å²) in [5, 5.41) is 16.6. The van der Waals surface area contributed by atoms with Crippen LogP contribution in [0.5, 0.6) is 0 Å². The molecular formula is C15H29N3O5S3. The largest absolute Gasteiger partial charge is 0.396 e. The van der Waals surface area contributed by atoms with E-state index in [9.17, 15) is 16.8 Å². The third kappa shape index (κ3) is 8.40. The van der Waals surface area contributed by atoms with Gasteiger partial charge in [-0.25, -0.2) is 22.0 Å². The molecule has 0 aliphatic carbocycles. The Kier molecular flexibility index (Phi) is 10.2. The first kappa shape index (κ1) is 23.4. The van der Waals surface area contributed by atoms with Gasteiger partial charge in [-0.3, -0.25) is 0 Å². The summed E-state index contributed by atoms with van der Waals surface area (Å²) in [6.45, 7) is 3.13. The molecule has 1 unspecified atom stereocenters. The topological polar surface area (TPSA) is 139 Å². The Bertz CT molecular complexity index is 689. The molecule has 11 heteroatoms. The summed E-state index contributed by atoms with van der Waals surface area (Å²) in [6.07, 6.45) is 8.64. The van der Waals surface area contributed by atoms with E-state index in [4.69, 9.17) is 10.2 Å². The van der Waals surface area contributed by atoms with Crippen LogP contribution in [0.2, 0.25) is 0 Å². The second-order valence-corrected chi connectivity index (χ2v) is 11.2. The number of sulfone groups is 1. The number of sulfonamides is 1. The molecule has 152 valence electrons. The van der Waals surface area contributed by atoms with Gasteiger partial charge in [-0.15, -0.1) is 0 Å². The van der Waals surface area contributed by atoms with Crippen LogP contribution in [0, 0.1) is 0 Å². The Morgan fingerprint density at radius 1 is 1.42 bits per heavy atom. The molecule has 1 saturated heterocycles. The van der Waals surface area contributed by atoms with Crippen LogP contribution in [0.25, 0.3) is 0 Å². The van der Waals surface area contributed by atoms with Gasteiger partial charge in [-0.05, 0) is 62.7 Å². The van der Waals surface area contributed by atoms with Crippen molar-refractivity contribution in [2.45, 2.75) is 50.3 Å². The monoisotopic (exact) mass is 427 g/mol. The predicted octanol–water partition coefficient (Wildman–Crippen LogP) is 0.586. The lowest BCUT2D eigenvalue weighted by atomic mass is 10.1. The molecule has 5 N–H and O–H groups in total. The van der Waals surface area contributed by atoms with Crippen LogP contribution in [-0.4, -0.2) is 52.1 Å². The standard InChI is InChI=1S/C11H23NO3S.C4H6N2O2S2/c1-2-6-12-10-8-11(5-3-4-7-13)16(14,15)9-10;5-10(7,8)4-2-1-3-6-9-4/h10-13H,2-9H2,1H3;1-3,6H,(H2,5,7,8)/t10?,11-;/m1./s1. The van der Waals surface area contributed by atoms with Crippen LogP contribution in [0.4, 0.5) is 0 Å². The third-order valence-electron chi connectivity index (χ3n) is 3.94. The van der Waals surface area contributed by atoms with E-state index in [1.165, 1.54) is 6.08 Å². The Morgan fingerprint density at radius 2 is 2.15 bits per heavy atom. The minimum absolute atomic E-state index is 0.134. The number of allylic oxidation sites excluding steroid dienone is 2. The molecule has 0 radical (unpaired) electrons. The van der Waals surface area contributed by atoms with Crippen molar-refractivity contribution in [1.82, 2.24) is 10.0 Å². The molecule has 2 aliphatic heterocycles. The molecule has 0 bridgehead atoms. The Hall–Kier alpha value is -0.590. The summed E-state index contributed by atoms with van der Waals surface area (Å²) in [6, 6.07) is 0.143. The van der Waals surface area contributed by atoms with Crippen molar-refractivity contribution in [2.75, 3.05) is 18.9 Å². The molecule has 0 aromatic carbocycles. The molecular weight excluding hydrogens is 398 g/mol. The van der Waals surface area contributed by atoms with Crippen molar-refractivity contribution in [2.24, 2.45) is 5.14 Å². The average Bonchev–Trinajstić information content (AvgIpc) is 2.88. The lowest BCUT2D eigenvalue weighted by Gasteiger charge is -2.10. The van der Waals surface area contributed by atoms with Crippen LogP contribution in [0.15, 0.2) is 22.6 Å². The van der Waals surface area contributed by atoms with E-state index in [0.29, 0.717) is 12.8 Å². The maximum absolute atomic E-state index is 11.8. The van der Waals surface area contributed by atoms with Gasteiger partial charge in [0.15, 0.2) is 9.84 Å². The van der Waals surface area contributed by atoms with Crippen molar-refractivity contribution in [1.29, 1.82) is 0 Å². The van der Waals surface area contributed by atoms with Gasteiger partial charge < -0.3 is 15.1 Å². The van der Waals surface area contributed by atoms with Crippen molar-refractivity contribution in [3.63, 3.8) is 0 Å². The molecule has 2 aliphatic rings. The van der Waals surface area contributed by atoms with Gasteiger partial charge in [0.2, 0.25) is 10.0 Å². The molecule has 26 heavy (non-hydrogen) atoms. The molecule has 0 aromatic heterocycles. The second-order valence-electron chi connectivity index (χ2n) is 6.17. The highest BCUT2D eigenvalue weighted by Gasteiger charge is 2.37. The van der Waals surface area contributed by atoms with Crippen LogP contribution in [0.1, 0.15) is 39.0 Å². The fraction of sp³-hybridized carbons (Fsp3) is 0.733. The number of nitrogens with two attached hydrogens (primary N) is 1. The fourth-order valence-electron chi connectivity index (χ4n) is 2.67. The maximum Gasteiger partial charge on any atom is 0.245 e. The number of aliphatic hydroxyl groups excluding tert-OH is 1. The van der Waals surface area contributed by atoms with E-state index in [0.717, 1.165) is 37.8 Å². The van der Waals surface area contributed by atoms with Gasteiger partial charge in [-0.1, -0.05) is 6.92 Å². The van der Waals surface area contributed by atoms with Crippen LogP contribution in [-0.2, 0) is 19.9 Å². The number of primary sulfonamides is 1. The van der Waals surface area contributed by atoms with Gasteiger partial charge >= 0.3 is 0 Å². The summed E-state index contributed by atoms with van der Waals surface area (Å²) >= 11 is 0.981. The lowest BCUT2D eigenvalue weighted by molar-refractivity contribution is 0.282. The summed E-state index contributed by atoms with van der Waals surface area (Å²) < 4.78 is 47.6. The predicted molar refractivity (Wildman–Crippen MR) is 106 cm³/mol. The normalized spacial score (nSPS) is 24.3. The summed E-state index contributed by atoms with van der Waals surface area (Å²) in [7, 11) is -6.41. The van der Waals surface area contributed by atoms with E-state index < -0.39 is 19.9 Å². The molecule has 0 spiro atoms. The highest BCUT2D eigenvalue weighted by Crippen LogP contribution is 2.25. The number of rotatable bonds is 8. The molecule has 2 atom stereocenters. The van der Waals surface area contributed by atoms with Crippen LogP contribution < -0.4 is 15.2 Å². The molecule has 8 nitrogen and oxygen atoms in total. The Morgan fingerprint density at radius 3 is 2.65 bits per heavy atom. The maximum atomic E-state index is 11.8. The number of unbranched alkanes of at least 4 members (excludes halogenated alkanes) is 1. The first-order valence-corrected chi connectivity index (χ1v) is 12.7. The zero-order valence-electron chi connectivity index (χ0n) is 14.9. The van der Waals surface area contributed by atoms with Crippen molar-refractivity contribution in [3.05, 3.63) is 22.6 Å². The van der Waals surface area contributed by atoms with Gasteiger partial charge in [0, 0.05) is 18.8 Å². The van der Waals surface area contributed by atoms with E-state index in [1.54, 1.807) is 12.3 Å². The van der Waals surface area contributed by atoms with Crippen LogP contribution >= 0.6 is 11.9 Å². The van der Waals surface area contributed by atoms with E-state index in [-0.39, 0.29) is 27.9 Å². The molecule has 0 amide bonds. The highest BCUT2D eigenvalue weighted by molar-refractivity contribution is 8.17. The first-order chi connectivity index (χ1) is 12.2. The van der Waals surface area contributed by atoms with E-state index in [2.05, 4.69) is 17.0 Å². The molecule has 2 heterocycles. The zero-order valence-corrected chi connectivity index (χ0v) is 17.4. The molecule has 0 saturated carbocycles. The quantitative estimate of drug-likeness (QED) is 0.326. The number of aliphatic hydroxyl groups is 1. The smallest absolute Gasteiger partial charge is 0.245 e. The van der Waals surface area contributed by atoms with Gasteiger partial charge in [-0.2, -0.15) is 0 Å². The van der Waals surface area contributed by atoms with Crippen molar-refractivity contribution in [3.8, 4) is 0 Å². The van der Waals surface area contributed by atoms with Crippen molar-refractivity contribution < 1.29 is 21.9 Å². The number of nitrogens with one attached hydrogen (secondary N) is 2. The van der Waals surface area contributed by atoms with E-state index >= 15 is 0 Å². The molecule has 1 fully saturated rings. The number of hydrogen-bond donors (Lipinski definition) is 4. The zero-order chi connectivity index (χ0) is 19.6. The van der Waals surface area contributed by atoms with Crippen LogP contribution in [0.3, 0.4) is 0 Å². The minimum Gasteiger partial charge on any atom is -0.396 e. The highest BCUT2D eigenvalue weighted by atomic mass is 32.3. The minimum atomic E-state index is -3.52. The SMILES string of the molecule is CCCNC1C[C@@H](CCCCO)S(=O)(=O)C1.NS(=O)(=O)C1=CC=CNS1. The molecule has 0 aromatic rings. The number of hydrogen-bond acceptors (Lipinski definition) is 8. The second kappa shape index (κ2) is 11.3. The van der Waals surface area contributed by atoms with Gasteiger partial charge in [0.1, 0.15) is 4.24 Å². The van der Waals surface area contributed by atoms with Gasteiger partial charge in [0.25, 0.3) is 0 Å². The summed E-state index contributed by atoms with van der Waals surface area (Å²) in [5.41, 5.74) is 0. The molecule has 2 rings (SSSR count). The van der Waals surface area contributed by atoms with E-state index in [1.807, 2.05) is 0 Å². The average molecular weight is 428 g/mol. The van der Waals surface area contributed by atoms with Gasteiger partial charge in [0.05, 0.1) is 11.0 Å². The Labute approximate surface area is 160 Å². The Balaban J connectivity index is 0.000000289. The summed E-state index contributed by atoms with van der Waals surface area (Å²) in [4.78, 5) is 0. The first-order valence-electron chi connectivity index (χ1n) is 8.58. The fourth-order valence-corrected chi connectivity index (χ4v) is 6.09. The van der Waals surface area contributed by atoms with Crippen molar-refractivity contribution >= 4 is 31.8 Å². The lowest BCUT2D eigenvalue weighted by Crippen LogP contribution is -2.30. The summed E-state index contributed by atoms with van der Waals surface area (Å²) in [5.74, 6) is 0.288.